The molecule has 0 bridgehead atoms. The number of amides is 1. The zero-order valence-electron chi connectivity index (χ0n) is 16.7. The Kier molecular flexibility index (Phi) is 6.35. The summed E-state index contributed by atoms with van der Waals surface area (Å²) in [6, 6.07) is 9.64. The third-order valence-electron chi connectivity index (χ3n) is 5.07. The SMILES string of the molecule is O=C(Cn1c(-c2cccs2)noc1=O)Nc1ccc(S(=O)(=O)N2CCCCCC2)cc1. The first kappa shape index (κ1) is 21.5. The van der Waals surface area contributed by atoms with Gasteiger partial charge >= 0.3 is 5.76 Å². The molecule has 11 heteroatoms. The monoisotopic (exact) mass is 462 g/mol. The van der Waals surface area contributed by atoms with Crippen molar-refractivity contribution < 1.29 is 17.7 Å². The molecular weight excluding hydrogens is 440 g/mol. The number of carbonyl (C=O) groups is 1. The van der Waals surface area contributed by atoms with Crippen LogP contribution >= 0.6 is 11.3 Å². The second-order valence-corrected chi connectivity index (χ2v) is 10.1. The molecule has 0 spiro atoms. The van der Waals surface area contributed by atoms with Gasteiger partial charge in [-0.25, -0.2) is 17.8 Å². The number of hydrogen-bond acceptors (Lipinski definition) is 7. The average Bonchev–Trinajstić information content (AvgIpc) is 3.30. The van der Waals surface area contributed by atoms with Gasteiger partial charge in [0.05, 0.1) is 9.77 Å². The number of aromatic nitrogens is 2. The Labute approximate surface area is 183 Å². The minimum Gasteiger partial charge on any atom is -0.325 e. The molecule has 1 aliphatic heterocycles. The van der Waals surface area contributed by atoms with Crippen molar-refractivity contribution in [2.24, 2.45) is 0 Å². The van der Waals surface area contributed by atoms with Crippen LogP contribution in [0.25, 0.3) is 10.7 Å². The van der Waals surface area contributed by atoms with Crippen molar-refractivity contribution in [2.75, 3.05) is 18.4 Å². The lowest BCUT2D eigenvalue weighted by atomic mass is 10.2. The van der Waals surface area contributed by atoms with E-state index in [2.05, 4.69) is 10.5 Å². The third kappa shape index (κ3) is 4.78. The van der Waals surface area contributed by atoms with Crippen LogP contribution in [0.5, 0.6) is 0 Å². The first-order valence-electron chi connectivity index (χ1n) is 9.95. The lowest BCUT2D eigenvalue weighted by Gasteiger charge is -2.20. The molecule has 1 aromatic carbocycles. The topological polar surface area (TPSA) is 115 Å². The molecule has 3 aromatic rings. The van der Waals surface area contributed by atoms with E-state index < -0.39 is 21.7 Å². The number of hydrogen-bond donors (Lipinski definition) is 1. The normalized spacial score (nSPS) is 15.5. The second kappa shape index (κ2) is 9.16. The van der Waals surface area contributed by atoms with Gasteiger partial charge in [-0.15, -0.1) is 11.3 Å². The Morgan fingerprint density at radius 1 is 1.10 bits per heavy atom. The second-order valence-electron chi connectivity index (χ2n) is 7.23. The maximum Gasteiger partial charge on any atom is 0.442 e. The average molecular weight is 463 g/mol. The molecule has 1 saturated heterocycles. The van der Waals surface area contributed by atoms with E-state index in [9.17, 15) is 18.0 Å². The van der Waals surface area contributed by atoms with E-state index in [0.717, 1.165) is 30.3 Å². The minimum atomic E-state index is -3.55. The summed E-state index contributed by atoms with van der Waals surface area (Å²) in [6.45, 7) is 0.783. The number of nitrogens with zero attached hydrogens (tertiary/aromatic N) is 3. The lowest BCUT2D eigenvalue weighted by molar-refractivity contribution is -0.116. The van der Waals surface area contributed by atoms with Crippen LogP contribution < -0.4 is 11.1 Å². The van der Waals surface area contributed by atoms with Crippen LogP contribution in [0.1, 0.15) is 25.7 Å². The predicted molar refractivity (Wildman–Crippen MR) is 116 cm³/mol. The molecule has 31 heavy (non-hydrogen) atoms. The summed E-state index contributed by atoms with van der Waals surface area (Å²) >= 11 is 1.38. The summed E-state index contributed by atoms with van der Waals surface area (Å²) in [4.78, 5) is 25.3. The molecule has 0 atom stereocenters. The fraction of sp³-hybridized carbons (Fsp3) is 0.350. The van der Waals surface area contributed by atoms with Crippen molar-refractivity contribution >= 4 is 33.0 Å². The van der Waals surface area contributed by atoms with Crippen LogP contribution in [0.2, 0.25) is 0 Å². The van der Waals surface area contributed by atoms with Gasteiger partial charge in [0.25, 0.3) is 0 Å². The number of anilines is 1. The van der Waals surface area contributed by atoms with Gasteiger partial charge in [0, 0.05) is 18.8 Å². The molecule has 3 heterocycles. The van der Waals surface area contributed by atoms with Gasteiger partial charge in [-0.1, -0.05) is 24.1 Å². The first-order valence-corrected chi connectivity index (χ1v) is 12.3. The number of carbonyl (C=O) groups excluding carboxylic acids is 1. The van der Waals surface area contributed by atoms with E-state index in [1.165, 1.54) is 27.8 Å². The molecule has 1 amide bonds. The summed E-state index contributed by atoms with van der Waals surface area (Å²) in [5, 5.41) is 8.25. The largest absolute Gasteiger partial charge is 0.442 e. The van der Waals surface area contributed by atoms with Crippen LogP contribution in [0.15, 0.2) is 56.0 Å². The molecule has 1 aliphatic rings. The smallest absolute Gasteiger partial charge is 0.325 e. The molecule has 2 aromatic heterocycles. The molecule has 9 nitrogen and oxygen atoms in total. The van der Waals surface area contributed by atoms with Crippen LogP contribution in [-0.4, -0.2) is 41.4 Å². The Hall–Kier alpha value is -2.76. The maximum atomic E-state index is 12.9. The van der Waals surface area contributed by atoms with Crippen molar-refractivity contribution in [1.82, 2.24) is 14.0 Å². The molecule has 0 unspecified atom stereocenters. The van der Waals surface area contributed by atoms with Gasteiger partial charge in [-0.3, -0.25) is 9.32 Å². The highest BCUT2D eigenvalue weighted by Crippen LogP contribution is 2.23. The van der Waals surface area contributed by atoms with Crippen molar-refractivity contribution in [3.63, 3.8) is 0 Å². The van der Waals surface area contributed by atoms with Gasteiger partial charge in [-0.05, 0) is 48.6 Å². The maximum absolute atomic E-state index is 12.9. The summed E-state index contributed by atoms with van der Waals surface area (Å²) in [5.41, 5.74) is 0.432. The standard InChI is InChI=1S/C20H22N4O5S2/c25-18(14-24-19(22-29-20(24)26)17-6-5-13-30-17)21-15-7-9-16(10-8-15)31(27,28)23-11-3-1-2-4-12-23/h5-10,13H,1-4,11-12,14H2,(H,21,25). The Morgan fingerprint density at radius 3 is 2.45 bits per heavy atom. The minimum absolute atomic E-state index is 0.197. The summed E-state index contributed by atoms with van der Waals surface area (Å²) in [7, 11) is -3.55. The van der Waals surface area contributed by atoms with Gasteiger partial charge in [-0.2, -0.15) is 4.31 Å². The van der Waals surface area contributed by atoms with Gasteiger partial charge in [0.2, 0.25) is 15.9 Å². The van der Waals surface area contributed by atoms with Crippen LogP contribution in [0.4, 0.5) is 5.69 Å². The highest BCUT2D eigenvalue weighted by molar-refractivity contribution is 7.89. The van der Waals surface area contributed by atoms with Crippen molar-refractivity contribution in [2.45, 2.75) is 37.1 Å². The van der Waals surface area contributed by atoms with Crippen LogP contribution in [-0.2, 0) is 21.4 Å². The fourth-order valence-electron chi connectivity index (χ4n) is 3.48. The zero-order valence-corrected chi connectivity index (χ0v) is 18.3. The van der Waals surface area contributed by atoms with Gasteiger partial charge in [0.1, 0.15) is 6.54 Å². The lowest BCUT2D eigenvalue weighted by Crippen LogP contribution is -2.31. The zero-order chi connectivity index (χ0) is 21.8. The van der Waals surface area contributed by atoms with Crippen LogP contribution in [0, 0.1) is 0 Å². The van der Waals surface area contributed by atoms with E-state index in [1.807, 2.05) is 11.4 Å². The summed E-state index contributed by atoms with van der Waals surface area (Å²) in [6.07, 6.45) is 3.81. The van der Waals surface area contributed by atoms with E-state index in [4.69, 9.17) is 4.52 Å². The van der Waals surface area contributed by atoms with E-state index >= 15 is 0 Å². The third-order valence-corrected chi connectivity index (χ3v) is 7.85. The Bertz CT molecular complexity index is 1190. The van der Waals surface area contributed by atoms with Crippen LogP contribution in [0.3, 0.4) is 0 Å². The van der Waals surface area contributed by atoms with E-state index in [-0.39, 0.29) is 17.3 Å². The summed E-state index contributed by atoms with van der Waals surface area (Å²) < 4.78 is 33.1. The molecule has 164 valence electrons. The molecule has 1 N–H and O–H groups in total. The quantitative estimate of drug-likeness (QED) is 0.602. The molecule has 0 aliphatic carbocycles. The first-order chi connectivity index (χ1) is 14.9. The molecular formula is C20H22N4O5S2. The molecule has 1 fully saturated rings. The number of thiophene rings is 1. The number of nitrogens with one attached hydrogen (secondary N) is 1. The van der Waals surface area contributed by atoms with Crippen molar-refractivity contribution in [3.8, 4) is 10.7 Å². The number of rotatable bonds is 6. The molecule has 0 saturated carbocycles. The van der Waals surface area contributed by atoms with E-state index in [0.29, 0.717) is 23.7 Å². The Balaban J connectivity index is 1.44. The molecule has 4 rings (SSSR count). The Morgan fingerprint density at radius 2 is 1.81 bits per heavy atom. The van der Waals surface area contributed by atoms with Crippen molar-refractivity contribution in [1.29, 1.82) is 0 Å². The number of sulfonamides is 1. The molecule has 0 radical (unpaired) electrons. The highest BCUT2D eigenvalue weighted by Gasteiger charge is 2.25. The van der Waals surface area contributed by atoms with E-state index in [1.54, 1.807) is 18.2 Å². The van der Waals surface area contributed by atoms with Gasteiger partial charge in [0.15, 0.2) is 5.82 Å². The van der Waals surface area contributed by atoms with Gasteiger partial charge < -0.3 is 5.32 Å². The fourth-order valence-corrected chi connectivity index (χ4v) is 5.71. The van der Waals surface area contributed by atoms with Crippen molar-refractivity contribution in [3.05, 3.63) is 52.3 Å². The highest BCUT2D eigenvalue weighted by atomic mass is 32.2. The summed E-state index contributed by atoms with van der Waals surface area (Å²) in [5.74, 6) is -0.891. The predicted octanol–water partition coefficient (Wildman–Crippen LogP) is 2.77. The number of benzene rings is 1.